The summed E-state index contributed by atoms with van der Waals surface area (Å²) in [6, 6.07) is -0.376. The number of hydrogen-bond donors (Lipinski definition) is 1. The van der Waals surface area contributed by atoms with Gasteiger partial charge in [0.2, 0.25) is 0 Å². The molecule has 0 aromatic rings. The Morgan fingerprint density at radius 2 is 2.29 bits per heavy atom. The maximum absolute atomic E-state index is 10.9. The van der Waals surface area contributed by atoms with Crippen LogP contribution in [0.25, 0.3) is 0 Å². The number of hydrogen-bond acceptors (Lipinski definition) is 3. The maximum atomic E-state index is 10.9. The van der Waals surface area contributed by atoms with Crippen molar-refractivity contribution in [2.24, 2.45) is 0 Å². The second-order valence-electron chi connectivity index (χ2n) is 4.34. The summed E-state index contributed by atoms with van der Waals surface area (Å²) < 4.78 is 5.45. The summed E-state index contributed by atoms with van der Waals surface area (Å²) in [5.74, 6) is -0.724. The van der Waals surface area contributed by atoms with Crippen molar-refractivity contribution in [3.05, 3.63) is 0 Å². The first kappa shape index (κ1) is 9.93. The van der Waals surface area contributed by atoms with E-state index in [1.165, 1.54) is 6.42 Å². The number of rotatable bonds is 2. The molecule has 1 N–H and O–H groups in total. The summed E-state index contributed by atoms with van der Waals surface area (Å²) >= 11 is 0. The van der Waals surface area contributed by atoms with Gasteiger partial charge in [-0.3, -0.25) is 9.69 Å². The molecule has 1 aliphatic carbocycles. The van der Waals surface area contributed by atoms with Crippen molar-refractivity contribution in [3.63, 3.8) is 0 Å². The van der Waals surface area contributed by atoms with E-state index >= 15 is 0 Å². The lowest BCUT2D eigenvalue weighted by molar-refractivity contribution is -0.160. The molecule has 4 heteroatoms. The zero-order chi connectivity index (χ0) is 10.2. The number of carbonyl (C=O) groups is 1. The minimum absolute atomic E-state index is 0.0516. The third-order valence-electron chi connectivity index (χ3n) is 3.57. The Bertz CT molecular complexity index is 238. The summed E-state index contributed by atoms with van der Waals surface area (Å²) in [6.07, 6.45) is 3.38. The van der Waals surface area contributed by atoms with Gasteiger partial charge in [0.15, 0.2) is 0 Å². The van der Waals surface area contributed by atoms with E-state index in [2.05, 4.69) is 4.90 Å². The molecular weight excluding hydrogens is 182 g/mol. The molecule has 80 valence electrons. The van der Waals surface area contributed by atoms with Gasteiger partial charge in [-0.2, -0.15) is 0 Å². The molecule has 2 fully saturated rings. The second-order valence-corrected chi connectivity index (χ2v) is 4.34. The van der Waals surface area contributed by atoms with Gasteiger partial charge in [0.1, 0.15) is 6.04 Å². The Morgan fingerprint density at radius 1 is 1.57 bits per heavy atom. The maximum Gasteiger partial charge on any atom is 0.320 e. The van der Waals surface area contributed by atoms with E-state index in [-0.39, 0.29) is 11.6 Å². The molecule has 1 saturated heterocycles. The zero-order valence-corrected chi connectivity index (χ0v) is 8.53. The third kappa shape index (κ3) is 1.42. The molecule has 0 aromatic heterocycles. The van der Waals surface area contributed by atoms with Crippen molar-refractivity contribution in [1.29, 1.82) is 0 Å². The highest BCUT2D eigenvalue weighted by Gasteiger charge is 2.47. The lowest BCUT2D eigenvalue weighted by Crippen LogP contribution is -2.64. The lowest BCUT2D eigenvalue weighted by Gasteiger charge is -2.54. The molecule has 0 bridgehead atoms. The first-order valence-electron chi connectivity index (χ1n) is 5.23. The van der Waals surface area contributed by atoms with E-state index in [0.717, 1.165) is 19.4 Å². The van der Waals surface area contributed by atoms with Crippen molar-refractivity contribution in [1.82, 2.24) is 4.90 Å². The molecule has 1 aliphatic heterocycles. The number of nitrogens with zero attached hydrogens (tertiary/aromatic N) is 1. The van der Waals surface area contributed by atoms with Gasteiger partial charge in [0.25, 0.3) is 0 Å². The molecule has 1 spiro atoms. The van der Waals surface area contributed by atoms with Crippen LogP contribution in [0.15, 0.2) is 0 Å². The average molecular weight is 199 g/mol. The summed E-state index contributed by atoms with van der Waals surface area (Å²) in [5, 5.41) is 9.00. The smallest absolute Gasteiger partial charge is 0.320 e. The Labute approximate surface area is 83.8 Å². The van der Waals surface area contributed by atoms with E-state index in [4.69, 9.17) is 9.84 Å². The van der Waals surface area contributed by atoms with Gasteiger partial charge in [-0.1, -0.05) is 0 Å². The van der Waals surface area contributed by atoms with E-state index in [9.17, 15) is 4.79 Å². The van der Waals surface area contributed by atoms with Crippen molar-refractivity contribution in [2.75, 3.05) is 19.8 Å². The van der Waals surface area contributed by atoms with Crippen molar-refractivity contribution in [2.45, 2.75) is 37.8 Å². The predicted molar refractivity (Wildman–Crippen MR) is 51.2 cm³/mol. The Balaban J connectivity index is 2.10. The second kappa shape index (κ2) is 3.51. The number of morpholine rings is 1. The Hall–Kier alpha value is -0.610. The van der Waals surface area contributed by atoms with Gasteiger partial charge < -0.3 is 9.84 Å². The molecule has 0 amide bonds. The Morgan fingerprint density at radius 3 is 2.79 bits per heavy atom. The molecule has 1 unspecified atom stereocenters. The highest BCUT2D eigenvalue weighted by molar-refractivity contribution is 5.73. The SMILES string of the molecule is CC(C(=O)O)N1CCOCC12CCC2. The van der Waals surface area contributed by atoms with Crippen molar-refractivity contribution in [3.8, 4) is 0 Å². The minimum atomic E-state index is -0.724. The van der Waals surface area contributed by atoms with Crippen molar-refractivity contribution >= 4 is 5.97 Å². The van der Waals surface area contributed by atoms with Crippen LogP contribution in [0.2, 0.25) is 0 Å². The first-order valence-corrected chi connectivity index (χ1v) is 5.23. The fraction of sp³-hybridized carbons (Fsp3) is 0.900. The lowest BCUT2D eigenvalue weighted by atomic mass is 9.74. The van der Waals surface area contributed by atoms with E-state index < -0.39 is 5.97 Å². The molecule has 1 heterocycles. The van der Waals surface area contributed by atoms with Crippen LogP contribution in [0.5, 0.6) is 0 Å². The molecule has 4 nitrogen and oxygen atoms in total. The molecule has 0 radical (unpaired) electrons. The number of carboxylic acids is 1. The predicted octanol–water partition coefficient (Wildman–Crippen LogP) is 0.714. The molecule has 2 aliphatic rings. The number of aliphatic carboxylic acids is 1. The van der Waals surface area contributed by atoms with Crippen LogP contribution in [0.1, 0.15) is 26.2 Å². The van der Waals surface area contributed by atoms with Gasteiger partial charge in [-0.25, -0.2) is 0 Å². The van der Waals surface area contributed by atoms with E-state index in [1.54, 1.807) is 6.92 Å². The fourth-order valence-electron chi connectivity index (χ4n) is 2.50. The summed E-state index contributed by atoms with van der Waals surface area (Å²) in [5.41, 5.74) is 0.0516. The van der Waals surface area contributed by atoms with Gasteiger partial charge in [0.05, 0.1) is 13.2 Å². The van der Waals surface area contributed by atoms with Crippen LogP contribution in [-0.4, -0.2) is 47.3 Å². The highest BCUT2D eigenvalue weighted by Crippen LogP contribution is 2.40. The molecule has 1 atom stereocenters. The zero-order valence-electron chi connectivity index (χ0n) is 8.53. The first-order chi connectivity index (χ1) is 6.66. The highest BCUT2D eigenvalue weighted by atomic mass is 16.5. The largest absolute Gasteiger partial charge is 0.480 e. The minimum Gasteiger partial charge on any atom is -0.480 e. The average Bonchev–Trinajstić information content (AvgIpc) is 2.14. The fourth-order valence-corrected chi connectivity index (χ4v) is 2.50. The molecule has 1 saturated carbocycles. The van der Waals surface area contributed by atoms with Gasteiger partial charge >= 0.3 is 5.97 Å². The third-order valence-corrected chi connectivity index (χ3v) is 3.57. The van der Waals surface area contributed by atoms with Crippen molar-refractivity contribution < 1.29 is 14.6 Å². The Kier molecular flexibility index (Phi) is 2.49. The number of ether oxygens (including phenoxy) is 1. The van der Waals surface area contributed by atoms with Crippen LogP contribution in [0.3, 0.4) is 0 Å². The van der Waals surface area contributed by atoms with Crippen LogP contribution in [0.4, 0.5) is 0 Å². The van der Waals surface area contributed by atoms with E-state index in [1.807, 2.05) is 0 Å². The van der Waals surface area contributed by atoms with Crippen LogP contribution >= 0.6 is 0 Å². The summed E-state index contributed by atoms with van der Waals surface area (Å²) in [4.78, 5) is 13.1. The molecule has 2 rings (SSSR count). The van der Waals surface area contributed by atoms with Gasteiger partial charge in [-0.15, -0.1) is 0 Å². The topological polar surface area (TPSA) is 49.8 Å². The molecule has 0 aromatic carbocycles. The van der Waals surface area contributed by atoms with E-state index in [0.29, 0.717) is 13.2 Å². The molecular formula is C10H17NO3. The summed E-state index contributed by atoms with van der Waals surface area (Å²) in [6.45, 7) is 3.91. The number of carboxylic acid groups (broad SMARTS) is 1. The standard InChI is InChI=1S/C10H17NO3/c1-8(9(12)13)11-5-6-14-7-10(11)3-2-4-10/h8H,2-7H2,1H3,(H,12,13). The molecule has 14 heavy (non-hydrogen) atoms. The van der Waals surface area contributed by atoms with Gasteiger partial charge in [0, 0.05) is 12.1 Å². The normalized spacial score (nSPS) is 28.4. The summed E-state index contributed by atoms with van der Waals surface area (Å²) in [7, 11) is 0. The van der Waals surface area contributed by atoms with Gasteiger partial charge in [-0.05, 0) is 26.2 Å². The van der Waals surface area contributed by atoms with Crippen LogP contribution in [0, 0.1) is 0 Å². The van der Waals surface area contributed by atoms with Crippen LogP contribution < -0.4 is 0 Å². The van der Waals surface area contributed by atoms with Crippen LogP contribution in [-0.2, 0) is 9.53 Å². The monoisotopic (exact) mass is 199 g/mol. The quantitative estimate of drug-likeness (QED) is 0.711.